The first-order valence-corrected chi connectivity index (χ1v) is 11.6. The molecule has 0 aliphatic carbocycles. The topological polar surface area (TPSA) is 122 Å². The number of nitrogens with two attached hydrogens (primary N) is 1. The van der Waals surface area contributed by atoms with Crippen molar-refractivity contribution in [1.29, 1.82) is 0 Å². The molecule has 1 fully saturated rings. The van der Waals surface area contributed by atoms with Gasteiger partial charge in [-0.3, -0.25) is 9.78 Å². The van der Waals surface area contributed by atoms with Gasteiger partial charge in [0.15, 0.2) is 0 Å². The normalized spacial score (nSPS) is 14.9. The number of pyridine rings is 1. The highest BCUT2D eigenvalue weighted by Gasteiger charge is 2.26. The Morgan fingerprint density at radius 1 is 1.24 bits per heavy atom. The third-order valence-electron chi connectivity index (χ3n) is 6.50. The van der Waals surface area contributed by atoms with Crippen LogP contribution in [-0.4, -0.2) is 43.6 Å². The lowest BCUT2D eigenvalue weighted by Crippen LogP contribution is -2.39. The zero-order valence-corrected chi connectivity index (χ0v) is 19.4. The van der Waals surface area contributed by atoms with E-state index in [1.54, 1.807) is 4.57 Å². The molecule has 3 aromatic heterocycles. The Labute approximate surface area is 197 Å². The molecule has 0 unspecified atom stereocenters. The van der Waals surface area contributed by atoms with Crippen LogP contribution in [0.25, 0.3) is 21.8 Å². The predicted octanol–water partition coefficient (Wildman–Crippen LogP) is 3.58. The van der Waals surface area contributed by atoms with Crippen LogP contribution in [0.15, 0.2) is 42.7 Å². The van der Waals surface area contributed by atoms with E-state index in [0.717, 1.165) is 21.9 Å². The number of hydrogen-bond acceptors (Lipinski definition) is 7. The molecule has 0 atom stereocenters. The second-order valence-corrected chi connectivity index (χ2v) is 9.14. The molecule has 0 bridgehead atoms. The first-order valence-electron chi connectivity index (χ1n) is 11.6. The third kappa shape index (κ3) is 4.09. The van der Waals surface area contributed by atoms with Gasteiger partial charge in [0.25, 0.3) is 0 Å². The summed E-state index contributed by atoms with van der Waals surface area (Å²) in [5.41, 5.74) is 7.98. The van der Waals surface area contributed by atoms with Crippen LogP contribution in [0.1, 0.15) is 38.3 Å². The van der Waals surface area contributed by atoms with Crippen molar-refractivity contribution in [2.45, 2.75) is 39.3 Å². The number of para-hydroxylation sites is 1. The first kappa shape index (κ1) is 21.9. The molecule has 5 rings (SSSR count). The van der Waals surface area contributed by atoms with Crippen molar-refractivity contribution >= 4 is 39.5 Å². The average molecular weight is 460 g/mol. The van der Waals surface area contributed by atoms with Gasteiger partial charge < -0.3 is 25.6 Å². The van der Waals surface area contributed by atoms with E-state index in [0.29, 0.717) is 49.8 Å². The highest BCUT2D eigenvalue weighted by molar-refractivity contribution is 5.94. The second-order valence-electron chi connectivity index (χ2n) is 9.14. The minimum absolute atomic E-state index is 0.0708. The number of nitrogens with one attached hydrogen (secondary N) is 1. The van der Waals surface area contributed by atoms with Crippen molar-refractivity contribution in [2.75, 3.05) is 23.3 Å². The number of hydrogen-bond donors (Lipinski definition) is 3. The van der Waals surface area contributed by atoms with E-state index in [1.807, 2.05) is 55.4 Å². The van der Waals surface area contributed by atoms with E-state index in [2.05, 4.69) is 16.4 Å². The first-order chi connectivity index (χ1) is 16.4. The Morgan fingerprint density at radius 2 is 2.00 bits per heavy atom. The Bertz CT molecular complexity index is 1360. The Balaban J connectivity index is 1.48. The van der Waals surface area contributed by atoms with Gasteiger partial charge >= 0.3 is 0 Å². The maximum atomic E-state index is 11.6. The van der Waals surface area contributed by atoms with Gasteiger partial charge in [0.05, 0.1) is 10.9 Å². The van der Waals surface area contributed by atoms with E-state index in [-0.39, 0.29) is 23.7 Å². The van der Waals surface area contributed by atoms with E-state index < -0.39 is 0 Å². The molecule has 4 aromatic rings. The number of fused-ring (bicyclic) bond motifs is 2. The van der Waals surface area contributed by atoms with Gasteiger partial charge in [-0.05, 0) is 44.4 Å². The molecule has 4 heterocycles. The van der Waals surface area contributed by atoms with Crippen LogP contribution < -0.4 is 16.0 Å². The fourth-order valence-corrected chi connectivity index (χ4v) is 4.51. The van der Waals surface area contributed by atoms with Crippen LogP contribution in [0.4, 0.5) is 11.8 Å². The molecule has 0 spiro atoms. The van der Waals surface area contributed by atoms with Gasteiger partial charge in [-0.25, -0.2) is 4.98 Å². The largest absolute Gasteiger partial charge is 0.493 e. The molecule has 1 aliphatic rings. The SMILES string of the molecule is CC(C)n1cc2c(NCc3cnc4ccccc4c3)nc(N3CCC(C(N)=O)CC3)nc2c1O. The summed E-state index contributed by atoms with van der Waals surface area (Å²) in [4.78, 5) is 27.7. The van der Waals surface area contributed by atoms with Gasteiger partial charge in [-0.1, -0.05) is 18.2 Å². The summed E-state index contributed by atoms with van der Waals surface area (Å²) in [6.07, 6.45) is 5.09. The quantitative estimate of drug-likeness (QED) is 0.403. The fraction of sp³-hybridized carbons (Fsp3) is 0.360. The summed E-state index contributed by atoms with van der Waals surface area (Å²) in [5.74, 6) is 0.935. The molecule has 9 heteroatoms. The molecular weight excluding hydrogens is 430 g/mol. The van der Waals surface area contributed by atoms with Gasteiger partial charge in [0.1, 0.15) is 11.3 Å². The monoisotopic (exact) mass is 459 g/mol. The number of primary amides is 1. The standard InChI is InChI=1S/C25H29N7O2/c1-15(2)32-14-19-21(24(32)34)29-25(31-9-7-17(8-10-31)22(26)33)30-23(19)28-13-16-11-18-5-3-4-6-20(18)27-12-16/h3-6,11-12,14-15,17,34H,7-10,13H2,1-2H3,(H2,26,33)(H,28,29,30). The summed E-state index contributed by atoms with van der Waals surface area (Å²) < 4.78 is 1.80. The molecule has 0 saturated carbocycles. The van der Waals surface area contributed by atoms with Crippen LogP contribution >= 0.6 is 0 Å². The molecular formula is C25H29N7O2. The molecule has 1 saturated heterocycles. The van der Waals surface area contributed by atoms with Crippen LogP contribution in [-0.2, 0) is 11.3 Å². The zero-order chi connectivity index (χ0) is 23.8. The minimum atomic E-state index is -0.256. The van der Waals surface area contributed by atoms with Gasteiger partial charge in [0.2, 0.25) is 17.7 Å². The lowest BCUT2D eigenvalue weighted by atomic mass is 9.96. The maximum Gasteiger partial charge on any atom is 0.228 e. The van der Waals surface area contributed by atoms with Crippen LogP contribution in [0.5, 0.6) is 5.88 Å². The van der Waals surface area contributed by atoms with Crippen molar-refractivity contribution in [3.63, 3.8) is 0 Å². The number of rotatable bonds is 6. The lowest BCUT2D eigenvalue weighted by Gasteiger charge is -2.30. The number of carbonyl (C=O) groups is 1. The highest BCUT2D eigenvalue weighted by Crippen LogP contribution is 2.35. The number of benzene rings is 1. The number of aromatic nitrogens is 4. The van der Waals surface area contributed by atoms with Crippen LogP contribution in [0.3, 0.4) is 0 Å². The number of piperidine rings is 1. The van der Waals surface area contributed by atoms with E-state index >= 15 is 0 Å². The van der Waals surface area contributed by atoms with E-state index in [1.165, 1.54) is 0 Å². The number of carbonyl (C=O) groups excluding carboxylic acids is 1. The second kappa shape index (κ2) is 8.81. The molecule has 1 amide bonds. The van der Waals surface area contributed by atoms with Gasteiger partial charge in [-0.15, -0.1) is 0 Å². The molecule has 34 heavy (non-hydrogen) atoms. The number of amides is 1. The Morgan fingerprint density at radius 3 is 2.74 bits per heavy atom. The number of aromatic hydroxyl groups is 1. The number of nitrogens with zero attached hydrogens (tertiary/aromatic N) is 5. The predicted molar refractivity (Wildman–Crippen MR) is 133 cm³/mol. The minimum Gasteiger partial charge on any atom is -0.493 e. The number of anilines is 2. The summed E-state index contributed by atoms with van der Waals surface area (Å²) in [7, 11) is 0. The molecule has 1 aliphatic heterocycles. The molecule has 176 valence electrons. The average Bonchev–Trinajstić information content (AvgIpc) is 3.19. The van der Waals surface area contributed by atoms with E-state index in [4.69, 9.17) is 15.7 Å². The fourth-order valence-electron chi connectivity index (χ4n) is 4.51. The summed E-state index contributed by atoms with van der Waals surface area (Å²) in [6, 6.07) is 10.2. The van der Waals surface area contributed by atoms with Gasteiger partial charge in [-0.2, -0.15) is 4.98 Å². The zero-order valence-electron chi connectivity index (χ0n) is 19.4. The Kier molecular flexibility index (Phi) is 5.69. The summed E-state index contributed by atoms with van der Waals surface area (Å²) in [6.45, 7) is 5.82. The molecule has 9 nitrogen and oxygen atoms in total. The van der Waals surface area contributed by atoms with Crippen LogP contribution in [0, 0.1) is 5.92 Å². The smallest absolute Gasteiger partial charge is 0.228 e. The van der Waals surface area contributed by atoms with Crippen molar-refractivity contribution < 1.29 is 9.90 Å². The van der Waals surface area contributed by atoms with Crippen molar-refractivity contribution in [2.24, 2.45) is 11.7 Å². The van der Waals surface area contributed by atoms with Crippen LogP contribution in [0.2, 0.25) is 0 Å². The lowest BCUT2D eigenvalue weighted by molar-refractivity contribution is -0.122. The van der Waals surface area contributed by atoms with E-state index in [9.17, 15) is 9.90 Å². The highest BCUT2D eigenvalue weighted by atomic mass is 16.3. The van der Waals surface area contributed by atoms with Crippen molar-refractivity contribution in [1.82, 2.24) is 19.5 Å². The summed E-state index contributed by atoms with van der Waals surface area (Å²) >= 11 is 0. The Hall–Kier alpha value is -3.88. The molecule has 0 radical (unpaired) electrons. The van der Waals surface area contributed by atoms with Crippen molar-refractivity contribution in [3.8, 4) is 5.88 Å². The third-order valence-corrected chi connectivity index (χ3v) is 6.50. The van der Waals surface area contributed by atoms with Gasteiger partial charge in [0, 0.05) is 49.4 Å². The molecule has 4 N–H and O–H groups in total. The summed E-state index contributed by atoms with van der Waals surface area (Å²) in [5, 5.41) is 16.2. The maximum absolute atomic E-state index is 11.6. The van der Waals surface area contributed by atoms with Crippen molar-refractivity contribution in [3.05, 3.63) is 48.3 Å². The molecule has 1 aromatic carbocycles.